The molecule has 1 amide bonds. The van der Waals surface area contributed by atoms with Gasteiger partial charge in [-0.25, -0.2) is 4.98 Å². The highest BCUT2D eigenvalue weighted by atomic mass is 32.1. The number of likely N-dealkylation sites (tertiary alicyclic amines) is 1. The van der Waals surface area contributed by atoms with Crippen molar-refractivity contribution in [3.8, 4) is 0 Å². The van der Waals surface area contributed by atoms with Crippen LogP contribution >= 0.6 is 11.3 Å². The zero-order valence-corrected chi connectivity index (χ0v) is 12.9. The lowest BCUT2D eigenvalue weighted by Crippen LogP contribution is -2.39. The molecule has 1 unspecified atom stereocenters. The molecule has 1 aliphatic rings. The van der Waals surface area contributed by atoms with Gasteiger partial charge in [-0.05, 0) is 19.8 Å². The summed E-state index contributed by atoms with van der Waals surface area (Å²) < 4.78 is 1.70. The van der Waals surface area contributed by atoms with Crippen LogP contribution in [0, 0.1) is 6.92 Å². The predicted octanol–water partition coefficient (Wildman–Crippen LogP) is 1.84. The van der Waals surface area contributed by atoms with E-state index in [-0.39, 0.29) is 5.91 Å². The van der Waals surface area contributed by atoms with Crippen LogP contribution in [-0.4, -0.2) is 43.9 Å². The van der Waals surface area contributed by atoms with E-state index in [4.69, 9.17) is 0 Å². The van der Waals surface area contributed by atoms with Gasteiger partial charge in [-0.15, -0.1) is 16.4 Å². The highest BCUT2D eigenvalue weighted by Gasteiger charge is 2.26. The first-order chi connectivity index (χ1) is 10.2. The van der Waals surface area contributed by atoms with E-state index >= 15 is 0 Å². The first-order valence-corrected chi connectivity index (χ1v) is 8.14. The van der Waals surface area contributed by atoms with Gasteiger partial charge in [0, 0.05) is 42.7 Å². The Morgan fingerprint density at radius 2 is 2.43 bits per heavy atom. The van der Waals surface area contributed by atoms with Crippen LogP contribution < -0.4 is 0 Å². The van der Waals surface area contributed by atoms with Gasteiger partial charge in [-0.2, -0.15) is 0 Å². The number of carbonyl (C=O) groups excluding carboxylic acids is 1. The minimum Gasteiger partial charge on any atom is -0.342 e. The zero-order chi connectivity index (χ0) is 14.7. The molecule has 1 fully saturated rings. The van der Waals surface area contributed by atoms with Crippen LogP contribution in [0.1, 0.15) is 35.9 Å². The third-order valence-electron chi connectivity index (χ3n) is 3.79. The van der Waals surface area contributed by atoms with Crippen LogP contribution in [0.5, 0.6) is 0 Å². The molecule has 3 heterocycles. The van der Waals surface area contributed by atoms with Gasteiger partial charge in [0.25, 0.3) is 0 Å². The third-order valence-corrected chi connectivity index (χ3v) is 4.91. The number of piperidine rings is 1. The standard InChI is InChI=1S/C14H19N5OS/c1-11-10-21-14(16-11)12-3-2-6-18(9-12)13(20)4-7-19-8-5-15-17-19/h5,8,10,12H,2-4,6-7,9H2,1H3. The van der Waals surface area contributed by atoms with Crippen molar-refractivity contribution in [3.05, 3.63) is 28.5 Å². The lowest BCUT2D eigenvalue weighted by Gasteiger charge is -2.32. The Morgan fingerprint density at radius 1 is 1.52 bits per heavy atom. The summed E-state index contributed by atoms with van der Waals surface area (Å²) >= 11 is 1.71. The molecule has 7 heteroatoms. The van der Waals surface area contributed by atoms with Gasteiger partial charge < -0.3 is 4.90 Å². The number of nitrogens with zero attached hydrogens (tertiary/aromatic N) is 5. The molecular weight excluding hydrogens is 286 g/mol. The summed E-state index contributed by atoms with van der Waals surface area (Å²) in [5.74, 6) is 0.594. The van der Waals surface area contributed by atoms with Crippen molar-refractivity contribution < 1.29 is 4.79 Å². The Morgan fingerprint density at radius 3 is 3.14 bits per heavy atom. The molecule has 0 radical (unpaired) electrons. The Labute approximate surface area is 127 Å². The second-order valence-electron chi connectivity index (χ2n) is 5.42. The van der Waals surface area contributed by atoms with Crippen LogP contribution in [-0.2, 0) is 11.3 Å². The van der Waals surface area contributed by atoms with Crippen LogP contribution in [0.2, 0.25) is 0 Å². The minimum atomic E-state index is 0.198. The summed E-state index contributed by atoms with van der Waals surface area (Å²) in [6, 6.07) is 0. The molecule has 0 spiro atoms. The zero-order valence-electron chi connectivity index (χ0n) is 12.1. The normalized spacial score (nSPS) is 18.9. The average molecular weight is 305 g/mol. The van der Waals surface area contributed by atoms with Crippen LogP contribution in [0.25, 0.3) is 0 Å². The predicted molar refractivity (Wildman–Crippen MR) is 80.0 cm³/mol. The fourth-order valence-corrected chi connectivity index (χ4v) is 3.61. The lowest BCUT2D eigenvalue weighted by atomic mass is 9.98. The fourth-order valence-electron chi connectivity index (χ4n) is 2.69. The van der Waals surface area contributed by atoms with E-state index in [0.717, 1.165) is 31.6 Å². The number of amides is 1. The topological polar surface area (TPSA) is 63.9 Å². The number of thiazole rings is 1. The maximum absolute atomic E-state index is 12.3. The van der Waals surface area contributed by atoms with Gasteiger partial charge in [0.2, 0.25) is 5.91 Å². The number of carbonyl (C=O) groups is 1. The Kier molecular flexibility index (Phi) is 4.28. The molecule has 2 aromatic heterocycles. The van der Waals surface area contributed by atoms with Crippen molar-refractivity contribution in [1.29, 1.82) is 0 Å². The number of aromatic nitrogens is 4. The van der Waals surface area contributed by atoms with E-state index in [1.54, 1.807) is 28.4 Å². The highest BCUT2D eigenvalue weighted by Crippen LogP contribution is 2.29. The molecule has 21 heavy (non-hydrogen) atoms. The van der Waals surface area contributed by atoms with Crippen LogP contribution in [0.4, 0.5) is 0 Å². The molecule has 0 N–H and O–H groups in total. The maximum atomic E-state index is 12.3. The summed E-state index contributed by atoms with van der Waals surface area (Å²) in [6.07, 6.45) is 6.07. The van der Waals surface area contributed by atoms with E-state index < -0.39 is 0 Å². The Hall–Kier alpha value is -1.76. The molecule has 3 rings (SSSR count). The van der Waals surface area contributed by atoms with Crippen molar-refractivity contribution in [1.82, 2.24) is 24.9 Å². The van der Waals surface area contributed by atoms with Crippen molar-refractivity contribution >= 4 is 17.2 Å². The quantitative estimate of drug-likeness (QED) is 0.864. The number of hydrogen-bond acceptors (Lipinski definition) is 5. The van der Waals surface area contributed by atoms with E-state index in [1.807, 2.05) is 11.8 Å². The van der Waals surface area contributed by atoms with Crippen LogP contribution in [0.15, 0.2) is 17.8 Å². The molecule has 2 aromatic rings. The SMILES string of the molecule is Cc1csc(C2CCCN(C(=O)CCn3ccnn3)C2)n1. The van der Waals surface area contributed by atoms with Crippen LogP contribution in [0.3, 0.4) is 0 Å². The first kappa shape index (κ1) is 14.2. The van der Waals surface area contributed by atoms with Gasteiger partial charge in [0.15, 0.2) is 0 Å². The van der Waals surface area contributed by atoms with E-state index in [9.17, 15) is 4.79 Å². The largest absolute Gasteiger partial charge is 0.342 e. The third kappa shape index (κ3) is 3.47. The van der Waals surface area contributed by atoms with Gasteiger partial charge >= 0.3 is 0 Å². The Balaban J connectivity index is 1.56. The second kappa shape index (κ2) is 6.34. The number of hydrogen-bond donors (Lipinski definition) is 0. The van der Waals surface area contributed by atoms with E-state index in [1.165, 1.54) is 5.01 Å². The molecule has 0 bridgehead atoms. The van der Waals surface area contributed by atoms with Crippen molar-refractivity contribution in [3.63, 3.8) is 0 Å². The monoisotopic (exact) mass is 305 g/mol. The average Bonchev–Trinajstić information content (AvgIpc) is 3.16. The summed E-state index contributed by atoms with van der Waals surface area (Å²) in [7, 11) is 0. The maximum Gasteiger partial charge on any atom is 0.224 e. The van der Waals surface area contributed by atoms with Gasteiger partial charge in [0.05, 0.1) is 17.7 Å². The first-order valence-electron chi connectivity index (χ1n) is 7.26. The molecule has 1 saturated heterocycles. The van der Waals surface area contributed by atoms with E-state index in [0.29, 0.717) is 18.9 Å². The summed E-state index contributed by atoms with van der Waals surface area (Å²) in [5.41, 5.74) is 1.07. The lowest BCUT2D eigenvalue weighted by molar-refractivity contribution is -0.132. The van der Waals surface area contributed by atoms with Gasteiger partial charge in [0.1, 0.15) is 0 Å². The van der Waals surface area contributed by atoms with Gasteiger partial charge in [-0.1, -0.05) is 5.21 Å². The summed E-state index contributed by atoms with van der Waals surface area (Å²) in [6.45, 7) is 4.26. The highest BCUT2D eigenvalue weighted by molar-refractivity contribution is 7.09. The molecule has 112 valence electrons. The summed E-state index contributed by atoms with van der Waals surface area (Å²) in [5, 5.41) is 10.9. The molecule has 1 aliphatic heterocycles. The van der Waals surface area contributed by atoms with Crippen molar-refractivity contribution in [2.24, 2.45) is 0 Å². The fraction of sp³-hybridized carbons (Fsp3) is 0.571. The molecular formula is C14H19N5OS. The molecule has 0 aromatic carbocycles. The molecule has 0 saturated carbocycles. The molecule has 6 nitrogen and oxygen atoms in total. The summed E-state index contributed by atoms with van der Waals surface area (Å²) in [4.78, 5) is 18.9. The smallest absolute Gasteiger partial charge is 0.224 e. The number of rotatable bonds is 4. The van der Waals surface area contributed by atoms with Crippen molar-refractivity contribution in [2.75, 3.05) is 13.1 Å². The number of aryl methyl sites for hydroxylation is 2. The minimum absolute atomic E-state index is 0.198. The van der Waals surface area contributed by atoms with Crippen molar-refractivity contribution in [2.45, 2.75) is 38.6 Å². The Bertz CT molecular complexity index is 594. The van der Waals surface area contributed by atoms with Gasteiger partial charge in [-0.3, -0.25) is 9.48 Å². The second-order valence-corrected chi connectivity index (χ2v) is 6.31. The molecule has 0 aliphatic carbocycles. The van der Waals surface area contributed by atoms with E-state index in [2.05, 4.69) is 20.7 Å². The molecule has 1 atom stereocenters.